The molecule has 0 radical (unpaired) electrons. The van der Waals surface area contributed by atoms with Crippen molar-refractivity contribution in [3.8, 4) is 5.75 Å². The van der Waals surface area contributed by atoms with Crippen molar-refractivity contribution in [2.75, 3.05) is 28.4 Å². The van der Waals surface area contributed by atoms with E-state index in [1.807, 2.05) is 38.1 Å². The Labute approximate surface area is 317 Å². The molecule has 2 saturated heterocycles. The zero-order chi connectivity index (χ0) is 37.1. The van der Waals surface area contributed by atoms with E-state index in [0.717, 1.165) is 53.5 Å². The molecule has 2 heterocycles. The molecule has 1 aromatic carbocycles. The van der Waals surface area contributed by atoms with E-state index in [4.69, 9.17) is 37.9 Å². The van der Waals surface area contributed by atoms with Crippen molar-refractivity contribution >= 4 is 27.7 Å². The van der Waals surface area contributed by atoms with E-state index in [2.05, 4.69) is 35.0 Å². The van der Waals surface area contributed by atoms with Crippen LogP contribution in [0.2, 0.25) is 0 Å². The highest BCUT2D eigenvalue weighted by Crippen LogP contribution is 2.57. The minimum absolute atomic E-state index is 0.00670. The average molecular weight is 790 g/mol. The van der Waals surface area contributed by atoms with E-state index in [1.54, 1.807) is 28.4 Å². The van der Waals surface area contributed by atoms with Crippen molar-refractivity contribution < 1.29 is 47.5 Å². The first kappa shape index (κ1) is 39.6. The summed E-state index contributed by atoms with van der Waals surface area (Å²) in [5.41, 5.74) is 1.77. The smallest absolute Gasteiger partial charge is 0.306 e. The number of ketones is 1. The summed E-state index contributed by atoms with van der Waals surface area (Å²) < 4.78 is 49.4. The first-order valence-electron chi connectivity index (χ1n) is 19.1. The van der Waals surface area contributed by atoms with Gasteiger partial charge in [-0.2, -0.15) is 0 Å². The van der Waals surface area contributed by atoms with Gasteiger partial charge < -0.3 is 37.9 Å². The summed E-state index contributed by atoms with van der Waals surface area (Å²) in [5.74, 6) is 0.516. The number of ether oxygens (including phenoxy) is 8. The molecule has 1 saturated carbocycles. The maximum absolute atomic E-state index is 14.6. The van der Waals surface area contributed by atoms with Crippen LogP contribution in [0.4, 0.5) is 0 Å². The Morgan fingerprint density at radius 3 is 2.27 bits per heavy atom. The number of hydrogen-bond acceptors (Lipinski definition) is 10. The van der Waals surface area contributed by atoms with Gasteiger partial charge in [-0.15, -0.1) is 0 Å². The average Bonchev–Trinajstić information content (AvgIpc) is 3.73. The van der Waals surface area contributed by atoms with Crippen LogP contribution < -0.4 is 4.74 Å². The zero-order valence-electron chi connectivity index (χ0n) is 31.7. The Kier molecular flexibility index (Phi) is 13.4. The van der Waals surface area contributed by atoms with Crippen molar-refractivity contribution in [2.24, 2.45) is 35.5 Å². The van der Waals surface area contributed by atoms with Crippen LogP contribution in [0.15, 0.2) is 46.5 Å². The molecule has 10 nitrogen and oxygen atoms in total. The van der Waals surface area contributed by atoms with Gasteiger partial charge in [0, 0.05) is 33.2 Å². The summed E-state index contributed by atoms with van der Waals surface area (Å²) in [4.78, 5) is 28.1. The second-order valence-corrected chi connectivity index (χ2v) is 16.2. The number of allylic oxidation sites excluding steroid dienone is 4. The summed E-state index contributed by atoms with van der Waals surface area (Å²) in [5, 5.41) is 0. The molecule has 5 aliphatic rings. The van der Waals surface area contributed by atoms with Gasteiger partial charge in [-0.05, 0) is 96.9 Å². The van der Waals surface area contributed by atoms with Crippen LogP contribution in [-0.4, -0.2) is 89.2 Å². The molecule has 2 aliphatic heterocycles. The second-order valence-electron chi connectivity index (χ2n) is 15.3. The lowest BCUT2D eigenvalue weighted by Gasteiger charge is -2.44. The molecule has 11 heteroatoms. The Morgan fingerprint density at radius 1 is 0.865 bits per heavy atom. The first-order chi connectivity index (χ1) is 25.1. The lowest BCUT2D eigenvalue weighted by atomic mass is 9.70. The van der Waals surface area contributed by atoms with Crippen molar-refractivity contribution in [3.63, 3.8) is 0 Å². The molecule has 1 aromatic rings. The molecular weight excluding hydrogens is 732 g/mol. The summed E-state index contributed by atoms with van der Waals surface area (Å²) in [6.45, 7) is 6.42. The van der Waals surface area contributed by atoms with Crippen LogP contribution in [0.3, 0.4) is 0 Å². The molecule has 288 valence electrons. The molecule has 1 unspecified atom stereocenters. The third-order valence-corrected chi connectivity index (χ3v) is 13.2. The number of cyclic esters (lactones) is 1. The lowest BCUT2D eigenvalue weighted by Crippen LogP contribution is -2.59. The SMILES string of the molecule is CC[C@H]1CCC[C@H](OCc2ccc(OC)cc2)[C@@H](C)C(=O)C2=C[C@@H]3[C@@H](C=C(Br)[C@@H]4CC(O[C@@H]5O[C@@H](C)[C@H](OC)[C@@H](OC)[C@H]5OC)C[C@@H]34)[C@@H]2CC(=O)O1. The number of rotatable bonds is 10. The zero-order valence-corrected chi connectivity index (χ0v) is 33.3. The van der Waals surface area contributed by atoms with Crippen LogP contribution in [0.5, 0.6) is 5.75 Å². The Hall–Kier alpha value is -2.12. The Balaban J connectivity index is 1.23. The third kappa shape index (κ3) is 8.26. The number of carbonyl (C=O) groups is 2. The molecule has 0 N–H and O–H groups in total. The highest BCUT2D eigenvalue weighted by molar-refractivity contribution is 9.11. The quantitative estimate of drug-likeness (QED) is 0.231. The van der Waals surface area contributed by atoms with E-state index in [9.17, 15) is 9.59 Å². The Morgan fingerprint density at radius 2 is 1.60 bits per heavy atom. The molecule has 52 heavy (non-hydrogen) atoms. The van der Waals surface area contributed by atoms with Gasteiger partial charge >= 0.3 is 5.97 Å². The number of benzene rings is 1. The number of carbonyl (C=O) groups excluding carboxylic acids is 2. The van der Waals surface area contributed by atoms with E-state index in [-0.39, 0.29) is 90.3 Å². The van der Waals surface area contributed by atoms with Gasteiger partial charge in [0.25, 0.3) is 0 Å². The summed E-state index contributed by atoms with van der Waals surface area (Å²) in [6, 6.07) is 7.84. The van der Waals surface area contributed by atoms with Gasteiger partial charge in [0.1, 0.15) is 30.2 Å². The van der Waals surface area contributed by atoms with Crippen molar-refractivity contribution in [1.29, 1.82) is 0 Å². The fraction of sp³-hybridized carbons (Fsp3) is 0.707. The molecule has 0 aromatic heterocycles. The largest absolute Gasteiger partial charge is 0.497 e. The van der Waals surface area contributed by atoms with E-state index < -0.39 is 12.4 Å². The molecule has 3 fully saturated rings. The molecule has 0 spiro atoms. The van der Waals surface area contributed by atoms with Gasteiger partial charge in [-0.3, -0.25) is 9.59 Å². The second kappa shape index (κ2) is 17.6. The molecule has 0 amide bonds. The molecule has 14 atom stereocenters. The normalized spacial score (nSPS) is 39.6. The standard InChI is InChI=1S/C41H57BrO10/c1-8-25-10-9-11-35(49-21-24-12-14-26(45-4)15-13-24)22(2)37(44)33-18-29-28-16-27(17-32(28)34(42)19-30(29)31(33)20-36(43)51-25)52-41-40(48-7)39(47-6)38(46-5)23(3)50-41/h12-15,18-19,22-23,25,27-32,35,38-41H,8-11,16-17,20-21H2,1-7H3/t22-,23+,25+,27?,28+,29+,30-,31+,32-,35+,38+,39-,40-,41+/m1/s1. The number of fused-ring (bicyclic) bond motifs is 5. The van der Waals surface area contributed by atoms with Gasteiger partial charge in [0.15, 0.2) is 12.1 Å². The maximum atomic E-state index is 14.6. The molecule has 6 rings (SSSR count). The lowest BCUT2D eigenvalue weighted by molar-refractivity contribution is -0.314. The van der Waals surface area contributed by atoms with Crippen LogP contribution in [0.1, 0.15) is 71.3 Å². The highest BCUT2D eigenvalue weighted by Gasteiger charge is 2.54. The van der Waals surface area contributed by atoms with Crippen LogP contribution in [0, 0.1) is 35.5 Å². The molecule has 3 aliphatic carbocycles. The third-order valence-electron chi connectivity index (χ3n) is 12.4. The number of halogens is 1. The van der Waals surface area contributed by atoms with Crippen molar-refractivity contribution in [1.82, 2.24) is 0 Å². The van der Waals surface area contributed by atoms with E-state index in [1.165, 1.54) is 0 Å². The predicted octanol–water partition coefficient (Wildman–Crippen LogP) is 6.96. The van der Waals surface area contributed by atoms with Crippen LogP contribution in [0.25, 0.3) is 0 Å². The van der Waals surface area contributed by atoms with Crippen LogP contribution in [-0.2, 0) is 49.4 Å². The van der Waals surface area contributed by atoms with Gasteiger partial charge in [0.05, 0.1) is 38.4 Å². The first-order valence-corrected chi connectivity index (χ1v) is 19.9. The summed E-state index contributed by atoms with van der Waals surface area (Å²) >= 11 is 3.94. The van der Waals surface area contributed by atoms with Gasteiger partial charge in [0.2, 0.25) is 0 Å². The van der Waals surface area contributed by atoms with E-state index >= 15 is 0 Å². The summed E-state index contributed by atoms with van der Waals surface area (Å²) in [7, 11) is 6.60. The van der Waals surface area contributed by atoms with Gasteiger partial charge in [-0.25, -0.2) is 0 Å². The van der Waals surface area contributed by atoms with Crippen molar-refractivity contribution in [3.05, 3.63) is 52.0 Å². The number of Topliss-reactive ketones (excluding diaryl/α,β-unsaturated/α-hetero) is 1. The minimum Gasteiger partial charge on any atom is -0.497 e. The highest BCUT2D eigenvalue weighted by atomic mass is 79.9. The van der Waals surface area contributed by atoms with Gasteiger partial charge in [-0.1, -0.05) is 54.1 Å². The predicted molar refractivity (Wildman–Crippen MR) is 198 cm³/mol. The maximum Gasteiger partial charge on any atom is 0.306 e. The number of esters is 1. The summed E-state index contributed by atoms with van der Waals surface area (Å²) in [6.07, 6.45) is 6.77. The Bertz CT molecular complexity index is 1450. The van der Waals surface area contributed by atoms with Crippen LogP contribution >= 0.6 is 15.9 Å². The monoisotopic (exact) mass is 788 g/mol. The van der Waals surface area contributed by atoms with E-state index in [0.29, 0.717) is 13.0 Å². The number of hydrogen-bond donors (Lipinski definition) is 0. The number of methoxy groups -OCH3 is 4. The fourth-order valence-corrected chi connectivity index (χ4v) is 10.3. The van der Waals surface area contributed by atoms with Crippen molar-refractivity contribution in [2.45, 2.75) is 121 Å². The molecular formula is C41H57BrO10. The minimum atomic E-state index is -0.615. The molecule has 0 bridgehead atoms. The topological polar surface area (TPSA) is 108 Å². The fourth-order valence-electron chi connectivity index (χ4n) is 9.50.